The fourth-order valence-corrected chi connectivity index (χ4v) is 3.51. The zero-order valence-electron chi connectivity index (χ0n) is 9.41. The van der Waals surface area contributed by atoms with Gasteiger partial charge in [0.15, 0.2) is 0 Å². The van der Waals surface area contributed by atoms with Gasteiger partial charge in [-0.2, -0.15) is 0 Å². The normalized spacial score (nSPS) is 36.4. The monoisotopic (exact) mass is 196 g/mol. The quantitative estimate of drug-likeness (QED) is 0.734. The van der Waals surface area contributed by atoms with Crippen LogP contribution in [-0.2, 0) is 0 Å². The van der Waals surface area contributed by atoms with Crippen LogP contribution in [0.25, 0.3) is 0 Å². The number of hydrogen-bond acceptors (Lipinski definition) is 1. The highest BCUT2D eigenvalue weighted by molar-refractivity contribution is 4.82. The van der Waals surface area contributed by atoms with Crippen molar-refractivity contribution in [2.75, 3.05) is 0 Å². The van der Waals surface area contributed by atoms with Crippen molar-refractivity contribution < 1.29 is 5.11 Å². The molecule has 0 amide bonds. The third-order valence-corrected chi connectivity index (χ3v) is 4.47. The maximum atomic E-state index is 10.2. The first-order valence-corrected chi connectivity index (χ1v) is 6.45. The Morgan fingerprint density at radius 3 is 2.36 bits per heavy atom. The Kier molecular flexibility index (Phi) is 3.48. The summed E-state index contributed by atoms with van der Waals surface area (Å²) < 4.78 is 0. The Labute approximate surface area is 87.9 Å². The van der Waals surface area contributed by atoms with Crippen molar-refractivity contribution in [2.45, 2.75) is 64.4 Å². The molecule has 1 nitrogen and oxygen atoms in total. The van der Waals surface area contributed by atoms with Crippen molar-refractivity contribution >= 4 is 0 Å². The predicted molar refractivity (Wildman–Crippen MR) is 59.1 cm³/mol. The summed E-state index contributed by atoms with van der Waals surface area (Å²) in [6.07, 6.45) is 10.6. The highest BCUT2D eigenvalue weighted by atomic mass is 16.3. The van der Waals surface area contributed by atoms with Crippen molar-refractivity contribution in [3.8, 4) is 0 Å². The molecule has 0 spiro atoms. The van der Waals surface area contributed by atoms with E-state index in [0.717, 1.165) is 18.3 Å². The largest absolute Gasteiger partial charge is 0.393 e. The summed E-state index contributed by atoms with van der Waals surface area (Å²) in [5.74, 6) is 2.24. The van der Waals surface area contributed by atoms with Gasteiger partial charge < -0.3 is 5.11 Å². The average Bonchev–Trinajstić information content (AvgIpc) is 2.75. The van der Waals surface area contributed by atoms with Crippen LogP contribution in [0.3, 0.4) is 0 Å². The third kappa shape index (κ3) is 2.31. The van der Waals surface area contributed by atoms with Gasteiger partial charge in [0, 0.05) is 0 Å². The second-order valence-electron chi connectivity index (χ2n) is 5.53. The van der Waals surface area contributed by atoms with Gasteiger partial charge in [-0.25, -0.2) is 0 Å². The molecule has 2 aliphatic carbocycles. The van der Waals surface area contributed by atoms with Gasteiger partial charge in [-0.05, 0) is 30.6 Å². The molecule has 3 atom stereocenters. The lowest BCUT2D eigenvalue weighted by Gasteiger charge is -2.24. The van der Waals surface area contributed by atoms with Crippen molar-refractivity contribution in [1.82, 2.24) is 0 Å². The minimum absolute atomic E-state index is 0.00981. The molecular formula is C13H24O. The average molecular weight is 196 g/mol. The van der Waals surface area contributed by atoms with E-state index in [1.165, 1.54) is 44.9 Å². The van der Waals surface area contributed by atoms with Crippen molar-refractivity contribution in [3.63, 3.8) is 0 Å². The summed E-state index contributed by atoms with van der Waals surface area (Å²) in [5, 5.41) is 10.2. The number of hydrogen-bond donors (Lipinski definition) is 1. The van der Waals surface area contributed by atoms with Gasteiger partial charge in [-0.15, -0.1) is 0 Å². The number of rotatable bonds is 3. The summed E-state index contributed by atoms with van der Waals surface area (Å²) in [6, 6.07) is 0. The Morgan fingerprint density at radius 1 is 1.07 bits per heavy atom. The minimum atomic E-state index is 0.00981. The molecule has 0 radical (unpaired) electrons. The van der Waals surface area contributed by atoms with E-state index < -0.39 is 0 Å². The molecule has 2 fully saturated rings. The summed E-state index contributed by atoms with van der Waals surface area (Å²) in [7, 11) is 0. The van der Waals surface area contributed by atoms with Gasteiger partial charge in [0.25, 0.3) is 0 Å². The Hall–Kier alpha value is -0.0400. The lowest BCUT2D eigenvalue weighted by atomic mass is 9.86. The summed E-state index contributed by atoms with van der Waals surface area (Å²) >= 11 is 0. The van der Waals surface area contributed by atoms with E-state index in [1.54, 1.807) is 0 Å². The first-order chi connectivity index (χ1) is 6.77. The minimum Gasteiger partial charge on any atom is -0.393 e. The van der Waals surface area contributed by atoms with Crippen LogP contribution in [0.2, 0.25) is 0 Å². The molecule has 0 aromatic carbocycles. The van der Waals surface area contributed by atoms with Crippen LogP contribution in [0, 0.1) is 17.8 Å². The van der Waals surface area contributed by atoms with Crippen molar-refractivity contribution in [1.29, 1.82) is 0 Å². The number of aliphatic hydroxyl groups excluding tert-OH is 1. The maximum absolute atomic E-state index is 10.2. The summed E-state index contributed by atoms with van der Waals surface area (Å²) in [6.45, 7) is 2.32. The van der Waals surface area contributed by atoms with Gasteiger partial charge in [0.05, 0.1) is 6.10 Å². The molecule has 0 heterocycles. The molecule has 2 rings (SSSR count). The molecule has 2 saturated carbocycles. The van der Waals surface area contributed by atoms with Gasteiger partial charge in [0.1, 0.15) is 0 Å². The maximum Gasteiger partial charge on any atom is 0.0573 e. The topological polar surface area (TPSA) is 20.2 Å². The molecule has 0 saturated heterocycles. The highest BCUT2D eigenvalue weighted by Crippen LogP contribution is 2.38. The van der Waals surface area contributed by atoms with E-state index in [0.29, 0.717) is 5.92 Å². The summed E-state index contributed by atoms with van der Waals surface area (Å²) in [5.41, 5.74) is 0. The molecule has 3 unspecified atom stereocenters. The smallest absolute Gasteiger partial charge is 0.0573 e. The first-order valence-electron chi connectivity index (χ1n) is 6.45. The van der Waals surface area contributed by atoms with Gasteiger partial charge in [-0.1, -0.05) is 45.4 Å². The molecule has 82 valence electrons. The Bertz CT molecular complexity index is 172. The third-order valence-electron chi connectivity index (χ3n) is 4.47. The van der Waals surface area contributed by atoms with Gasteiger partial charge in [-0.3, -0.25) is 0 Å². The molecule has 0 aromatic rings. The molecule has 2 aliphatic rings. The van der Waals surface area contributed by atoms with Crippen LogP contribution in [0.4, 0.5) is 0 Å². The Morgan fingerprint density at radius 2 is 1.79 bits per heavy atom. The number of aliphatic hydroxyl groups is 1. The predicted octanol–water partition coefficient (Wildman–Crippen LogP) is 3.36. The zero-order valence-corrected chi connectivity index (χ0v) is 9.41. The fraction of sp³-hybridized carbons (Fsp3) is 1.00. The molecule has 14 heavy (non-hydrogen) atoms. The summed E-state index contributed by atoms with van der Waals surface area (Å²) in [4.78, 5) is 0. The van der Waals surface area contributed by atoms with Crippen LogP contribution in [-0.4, -0.2) is 11.2 Å². The molecule has 1 N–H and O–H groups in total. The van der Waals surface area contributed by atoms with E-state index in [-0.39, 0.29) is 6.10 Å². The molecule has 0 aliphatic heterocycles. The van der Waals surface area contributed by atoms with E-state index in [4.69, 9.17) is 0 Å². The van der Waals surface area contributed by atoms with E-state index in [9.17, 15) is 5.11 Å². The molecule has 0 aromatic heterocycles. The van der Waals surface area contributed by atoms with E-state index in [2.05, 4.69) is 6.92 Å². The second-order valence-corrected chi connectivity index (χ2v) is 5.53. The van der Waals surface area contributed by atoms with Crippen LogP contribution >= 0.6 is 0 Å². The molecule has 1 heteroatoms. The highest BCUT2D eigenvalue weighted by Gasteiger charge is 2.31. The van der Waals surface area contributed by atoms with Crippen LogP contribution in [0.15, 0.2) is 0 Å². The fourth-order valence-electron chi connectivity index (χ4n) is 3.51. The van der Waals surface area contributed by atoms with Crippen LogP contribution < -0.4 is 0 Å². The Balaban J connectivity index is 1.78. The van der Waals surface area contributed by atoms with E-state index >= 15 is 0 Å². The van der Waals surface area contributed by atoms with Crippen LogP contribution in [0.5, 0.6) is 0 Å². The lowest BCUT2D eigenvalue weighted by molar-refractivity contribution is 0.0669. The van der Waals surface area contributed by atoms with E-state index in [1.807, 2.05) is 0 Å². The second kappa shape index (κ2) is 4.65. The molecular weight excluding hydrogens is 172 g/mol. The van der Waals surface area contributed by atoms with Gasteiger partial charge in [0.2, 0.25) is 0 Å². The molecule has 0 bridgehead atoms. The van der Waals surface area contributed by atoms with Gasteiger partial charge >= 0.3 is 0 Å². The zero-order chi connectivity index (χ0) is 9.97. The van der Waals surface area contributed by atoms with Crippen LogP contribution in [0.1, 0.15) is 58.3 Å². The van der Waals surface area contributed by atoms with Crippen molar-refractivity contribution in [3.05, 3.63) is 0 Å². The standard InChI is InChI=1S/C13H24O/c1-10-5-4-8-12(10)13(14)9-11-6-2-3-7-11/h10-14H,2-9H2,1H3. The van der Waals surface area contributed by atoms with Crippen molar-refractivity contribution in [2.24, 2.45) is 17.8 Å². The SMILES string of the molecule is CC1CCCC1C(O)CC1CCCC1. The first kappa shape index (κ1) is 10.5. The lowest BCUT2D eigenvalue weighted by Crippen LogP contribution is -2.24.